The third kappa shape index (κ3) is 5.08. The van der Waals surface area contributed by atoms with E-state index in [1.54, 1.807) is 25.1 Å². The lowest BCUT2D eigenvalue weighted by molar-refractivity contribution is -0.148. The zero-order valence-electron chi connectivity index (χ0n) is 17.9. The van der Waals surface area contributed by atoms with Crippen LogP contribution in [0.5, 0.6) is 0 Å². The fraction of sp³-hybridized carbons (Fsp3) is 0.364. The van der Waals surface area contributed by atoms with Gasteiger partial charge < -0.3 is 29.4 Å². The van der Waals surface area contributed by atoms with Crippen molar-refractivity contribution in [3.63, 3.8) is 0 Å². The summed E-state index contributed by atoms with van der Waals surface area (Å²) in [5, 5.41) is 7.10. The Kier molecular flexibility index (Phi) is 6.78. The Morgan fingerprint density at radius 1 is 1.24 bits per heavy atom. The van der Waals surface area contributed by atoms with Gasteiger partial charge in [-0.05, 0) is 30.5 Å². The second kappa shape index (κ2) is 9.90. The maximum atomic E-state index is 12.7. The Balaban J connectivity index is 1.47. The molecule has 0 aromatic carbocycles. The summed E-state index contributed by atoms with van der Waals surface area (Å²) in [6, 6.07) is 5.85. The second-order valence-corrected chi connectivity index (χ2v) is 8.50. The largest absolute Gasteiger partial charge is 0.467 e. The monoisotopic (exact) mass is 473 g/mol. The van der Waals surface area contributed by atoms with Crippen LogP contribution >= 0.6 is 11.3 Å². The van der Waals surface area contributed by atoms with E-state index >= 15 is 0 Å². The molecule has 2 aromatic heterocycles. The average Bonchev–Trinajstić information content (AvgIpc) is 3.55. The number of likely N-dealkylation sites (tertiary alicyclic amines) is 1. The highest BCUT2D eigenvalue weighted by atomic mass is 32.1. The van der Waals surface area contributed by atoms with Crippen molar-refractivity contribution in [2.24, 2.45) is 5.92 Å². The van der Waals surface area contributed by atoms with Gasteiger partial charge in [0.15, 0.2) is 0 Å². The molecule has 3 amide bonds. The van der Waals surface area contributed by atoms with Crippen molar-refractivity contribution in [1.82, 2.24) is 15.5 Å². The molecule has 1 saturated heterocycles. The first-order valence-electron chi connectivity index (χ1n) is 10.4. The molecule has 11 heteroatoms. The van der Waals surface area contributed by atoms with E-state index in [9.17, 15) is 19.2 Å². The van der Waals surface area contributed by atoms with Crippen LogP contribution < -0.4 is 10.6 Å². The summed E-state index contributed by atoms with van der Waals surface area (Å²) < 4.78 is 15.9. The van der Waals surface area contributed by atoms with Crippen molar-refractivity contribution in [3.8, 4) is 0 Å². The molecule has 10 nitrogen and oxygen atoms in total. The molecule has 0 bridgehead atoms. The van der Waals surface area contributed by atoms with Gasteiger partial charge in [0, 0.05) is 17.8 Å². The molecule has 33 heavy (non-hydrogen) atoms. The molecule has 0 spiro atoms. The van der Waals surface area contributed by atoms with Crippen molar-refractivity contribution < 1.29 is 33.1 Å². The predicted molar refractivity (Wildman–Crippen MR) is 116 cm³/mol. The van der Waals surface area contributed by atoms with Crippen LogP contribution in [0.4, 0.5) is 4.79 Å². The quantitative estimate of drug-likeness (QED) is 0.562. The molecule has 0 radical (unpaired) electrons. The first-order chi connectivity index (χ1) is 16.0. The minimum Gasteiger partial charge on any atom is -0.467 e. The summed E-state index contributed by atoms with van der Waals surface area (Å²) in [5.74, 6) is -1.40. The van der Waals surface area contributed by atoms with Gasteiger partial charge in [-0.2, -0.15) is 0 Å². The van der Waals surface area contributed by atoms with Gasteiger partial charge in [0.2, 0.25) is 5.91 Å². The molecule has 1 fully saturated rings. The van der Waals surface area contributed by atoms with E-state index < -0.39 is 29.9 Å². The number of hydrogen-bond donors (Lipinski definition) is 2. The highest BCUT2D eigenvalue weighted by Crippen LogP contribution is 2.31. The Labute approximate surface area is 193 Å². The average molecular weight is 474 g/mol. The standard InChI is InChI=1S/C22H23N3O7S/c1-2-30-21(28)18-15(23-22(29)24-19(18)16-6-4-8-33-16)12-32-20(27)13-9-17(26)25(10-13)11-14-5-3-7-31-14/h3-8,13,19H,2,9-12H2,1H3,(H2,23,24,29). The first kappa shape index (κ1) is 22.6. The lowest BCUT2D eigenvalue weighted by Gasteiger charge is -2.28. The number of furan rings is 1. The Bertz CT molecular complexity index is 1060. The van der Waals surface area contributed by atoms with Gasteiger partial charge in [-0.3, -0.25) is 9.59 Å². The number of nitrogens with zero attached hydrogens (tertiary/aromatic N) is 1. The van der Waals surface area contributed by atoms with E-state index in [0.29, 0.717) is 5.76 Å². The number of carbonyl (C=O) groups is 4. The molecule has 0 saturated carbocycles. The Hall–Kier alpha value is -3.60. The SMILES string of the molecule is CCOC(=O)C1=C(COC(=O)C2CC(=O)N(Cc3ccco3)C2)NC(=O)NC1c1cccs1. The summed E-state index contributed by atoms with van der Waals surface area (Å²) >= 11 is 1.38. The number of amides is 3. The van der Waals surface area contributed by atoms with E-state index in [2.05, 4.69) is 10.6 Å². The van der Waals surface area contributed by atoms with Crippen LogP contribution in [-0.2, 0) is 30.4 Å². The summed E-state index contributed by atoms with van der Waals surface area (Å²) in [6.45, 7) is 1.98. The summed E-state index contributed by atoms with van der Waals surface area (Å²) in [4.78, 5) is 52.2. The number of urea groups is 1. The van der Waals surface area contributed by atoms with Crippen LogP contribution in [0.1, 0.15) is 30.0 Å². The number of ether oxygens (including phenoxy) is 2. The highest BCUT2D eigenvalue weighted by Gasteiger charge is 2.38. The van der Waals surface area contributed by atoms with Crippen LogP contribution in [0.3, 0.4) is 0 Å². The van der Waals surface area contributed by atoms with Gasteiger partial charge >= 0.3 is 18.0 Å². The van der Waals surface area contributed by atoms with Gasteiger partial charge in [0.05, 0.1) is 42.6 Å². The number of hydrogen-bond acceptors (Lipinski definition) is 8. The van der Waals surface area contributed by atoms with Crippen LogP contribution in [0.15, 0.2) is 51.6 Å². The van der Waals surface area contributed by atoms with Crippen molar-refractivity contribution in [2.75, 3.05) is 19.8 Å². The molecule has 2 N–H and O–H groups in total. The smallest absolute Gasteiger partial charge is 0.338 e. The highest BCUT2D eigenvalue weighted by molar-refractivity contribution is 7.10. The molecule has 2 unspecified atom stereocenters. The maximum absolute atomic E-state index is 12.7. The van der Waals surface area contributed by atoms with Crippen molar-refractivity contribution in [3.05, 3.63) is 57.8 Å². The van der Waals surface area contributed by atoms with E-state index in [-0.39, 0.29) is 49.9 Å². The molecule has 4 rings (SSSR count). The summed E-state index contributed by atoms with van der Waals surface area (Å²) in [5.41, 5.74) is 0.328. The van der Waals surface area contributed by atoms with Gasteiger partial charge in [0.25, 0.3) is 0 Å². The molecule has 174 valence electrons. The number of thiophene rings is 1. The van der Waals surface area contributed by atoms with Crippen molar-refractivity contribution in [2.45, 2.75) is 25.9 Å². The molecule has 2 aromatic rings. The van der Waals surface area contributed by atoms with Crippen LogP contribution in [0, 0.1) is 5.92 Å². The van der Waals surface area contributed by atoms with E-state index in [4.69, 9.17) is 13.9 Å². The second-order valence-electron chi connectivity index (χ2n) is 7.52. The molecule has 2 aliphatic heterocycles. The molecular formula is C22H23N3O7S. The molecule has 4 heterocycles. The zero-order valence-corrected chi connectivity index (χ0v) is 18.7. The van der Waals surface area contributed by atoms with Gasteiger partial charge in [-0.15, -0.1) is 11.3 Å². The molecule has 2 aliphatic rings. The van der Waals surface area contributed by atoms with E-state index in [1.165, 1.54) is 22.5 Å². The number of rotatable bonds is 8. The zero-order chi connectivity index (χ0) is 23.4. The van der Waals surface area contributed by atoms with E-state index in [1.807, 2.05) is 11.4 Å². The predicted octanol–water partition coefficient (Wildman–Crippen LogP) is 2.10. The fourth-order valence-corrected chi connectivity index (χ4v) is 4.57. The van der Waals surface area contributed by atoms with Crippen LogP contribution in [0.2, 0.25) is 0 Å². The Morgan fingerprint density at radius 3 is 2.79 bits per heavy atom. The number of esters is 2. The normalized spacial score (nSPS) is 20.5. The third-order valence-corrected chi connectivity index (χ3v) is 6.25. The lowest BCUT2D eigenvalue weighted by atomic mass is 10.0. The van der Waals surface area contributed by atoms with Gasteiger partial charge in [-0.25, -0.2) is 9.59 Å². The summed E-state index contributed by atoms with van der Waals surface area (Å²) in [7, 11) is 0. The lowest BCUT2D eigenvalue weighted by Crippen LogP contribution is -2.47. The Morgan fingerprint density at radius 2 is 2.09 bits per heavy atom. The topological polar surface area (TPSA) is 127 Å². The van der Waals surface area contributed by atoms with E-state index in [0.717, 1.165) is 4.88 Å². The number of nitrogens with one attached hydrogen (secondary N) is 2. The van der Waals surface area contributed by atoms with Gasteiger partial charge in [0.1, 0.15) is 12.4 Å². The fourth-order valence-electron chi connectivity index (χ4n) is 3.79. The van der Waals surface area contributed by atoms with Gasteiger partial charge in [-0.1, -0.05) is 6.07 Å². The minimum atomic E-state index is -0.719. The summed E-state index contributed by atoms with van der Waals surface area (Å²) in [6.07, 6.45) is 1.54. The van der Waals surface area contributed by atoms with Crippen molar-refractivity contribution in [1.29, 1.82) is 0 Å². The van der Waals surface area contributed by atoms with Crippen LogP contribution in [-0.4, -0.2) is 48.5 Å². The van der Waals surface area contributed by atoms with Crippen LogP contribution in [0.25, 0.3) is 0 Å². The number of carbonyl (C=O) groups excluding carboxylic acids is 4. The first-order valence-corrected chi connectivity index (χ1v) is 11.3. The maximum Gasteiger partial charge on any atom is 0.338 e. The third-order valence-electron chi connectivity index (χ3n) is 5.31. The van der Waals surface area contributed by atoms with Crippen molar-refractivity contribution >= 4 is 35.2 Å². The minimum absolute atomic E-state index is 0.0229. The molecule has 0 aliphatic carbocycles. The molecule has 2 atom stereocenters. The molecular weight excluding hydrogens is 450 g/mol.